The molecule has 0 atom stereocenters. The highest BCUT2D eigenvalue weighted by Gasteiger charge is 2.20. The molecule has 0 fully saturated rings. The molecule has 2 heteroatoms. The fourth-order valence-corrected chi connectivity index (χ4v) is 7.28. The van der Waals surface area contributed by atoms with E-state index in [4.69, 9.17) is 4.42 Å². The Bertz CT molecular complexity index is 2610. The number of hydrogen-bond donors (Lipinski definition) is 0. The van der Waals surface area contributed by atoms with E-state index in [2.05, 4.69) is 132 Å². The van der Waals surface area contributed by atoms with Crippen LogP contribution in [0.2, 0.25) is 0 Å². The molecule has 0 saturated heterocycles. The van der Waals surface area contributed by atoms with Gasteiger partial charge in [-0.25, -0.2) is 0 Å². The molecule has 0 aliphatic rings. The Morgan fingerprint density at radius 3 is 1.70 bits per heavy atom. The van der Waals surface area contributed by atoms with Crippen molar-refractivity contribution < 1.29 is 4.42 Å². The van der Waals surface area contributed by atoms with Crippen LogP contribution in [0.4, 0.5) is 0 Å². The molecule has 0 saturated carbocycles. The summed E-state index contributed by atoms with van der Waals surface area (Å²) in [6, 6.07) is 46.5. The Hall–Kier alpha value is -5.34. The smallest absolute Gasteiger partial charge is 0.137 e. The minimum Gasteiger partial charge on any atom is -0.456 e. The van der Waals surface area contributed by atoms with Gasteiger partial charge in [0, 0.05) is 21.8 Å². The maximum atomic E-state index is 6.45. The summed E-state index contributed by atoms with van der Waals surface area (Å²) < 4.78 is 8.90. The number of nitrogens with zero attached hydrogens (tertiary/aromatic N) is 1. The standard InChI is InChI=1S/C38H21NO/c1-2-10-27-25(8-1)26-9-3-4-11-28(26)30-21-24(18-19-29(27)30)39-31-12-5-7-22-15-16-23-17-20-34-38(36(23)35(22)31)37-32(39)13-6-14-33(37)40-34/h1-21H. The number of benzene rings is 8. The van der Waals surface area contributed by atoms with Gasteiger partial charge in [0.15, 0.2) is 0 Å². The summed E-state index contributed by atoms with van der Waals surface area (Å²) in [5.41, 5.74) is 5.36. The first-order valence-corrected chi connectivity index (χ1v) is 13.8. The van der Waals surface area contributed by atoms with Gasteiger partial charge >= 0.3 is 0 Å². The molecular formula is C38H21NO. The first-order chi connectivity index (χ1) is 19.8. The second-order valence-corrected chi connectivity index (χ2v) is 10.9. The highest BCUT2D eigenvalue weighted by atomic mass is 16.3. The molecule has 2 nitrogen and oxygen atoms in total. The van der Waals surface area contributed by atoms with E-state index >= 15 is 0 Å². The minimum atomic E-state index is 0.923. The number of furan rings is 1. The van der Waals surface area contributed by atoms with E-state index in [0.717, 1.165) is 22.4 Å². The Morgan fingerprint density at radius 2 is 0.950 bits per heavy atom. The normalized spacial score (nSPS) is 12.5. The van der Waals surface area contributed by atoms with Crippen molar-refractivity contribution >= 4 is 86.8 Å². The van der Waals surface area contributed by atoms with Crippen LogP contribution in [-0.4, -0.2) is 4.57 Å². The zero-order valence-electron chi connectivity index (χ0n) is 21.5. The van der Waals surface area contributed by atoms with E-state index in [1.807, 2.05) is 0 Å². The number of rotatable bonds is 1. The largest absolute Gasteiger partial charge is 0.456 e. The van der Waals surface area contributed by atoms with Crippen molar-refractivity contribution in [1.82, 2.24) is 4.57 Å². The molecule has 0 aliphatic carbocycles. The topological polar surface area (TPSA) is 18.1 Å². The monoisotopic (exact) mass is 507 g/mol. The molecule has 0 N–H and O–H groups in total. The summed E-state index contributed by atoms with van der Waals surface area (Å²) in [4.78, 5) is 0. The molecule has 184 valence electrons. The summed E-state index contributed by atoms with van der Waals surface area (Å²) in [5.74, 6) is 0. The van der Waals surface area contributed by atoms with Gasteiger partial charge in [-0.2, -0.15) is 0 Å². The predicted molar refractivity (Wildman–Crippen MR) is 169 cm³/mol. The van der Waals surface area contributed by atoms with Gasteiger partial charge in [0.2, 0.25) is 0 Å². The average molecular weight is 508 g/mol. The van der Waals surface area contributed by atoms with E-state index in [1.54, 1.807) is 0 Å². The average Bonchev–Trinajstić information content (AvgIpc) is 3.34. The van der Waals surface area contributed by atoms with Gasteiger partial charge in [0.25, 0.3) is 0 Å². The van der Waals surface area contributed by atoms with E-state index in [0.29, 0.717) is 0 Å². The molecule has 8 aromatic carbocycles. The minimum absolute atomic E-state index is 0.923. The van der Waals surface area contributed by atoms with Crippen LogP contribution in [0.5, 0.6) is 0 Å². The lowest BCUT2D eigenvalue weighted by Gasteiger charge is -2.16. The van der Waals surface area contributed by atoms with Crippen molar-refractivity contribution in [1.29, 1.82) is 0 Å². The van der Waals surface area contributed by atoms with Crippen LogP contribution in [0.25, 0.3) is 92.5 Å². The molecule has 0 radical (unpaired) electrons. The van der Waals surface area contributed by atoms with Gasteiger partial charge in [0.05, 0.1) is 16.4 Å². The van der Waals surface area contributed by atoms with Crippen LogP contribution in [0.15, 0.2) is 132 Å². The first-order valence-electron chi connectivity index (χ1n) is 13.8. The van der Waals surface area contributed by atoms with Crippen molar-refractivity contribution in [3.63, 3.8) is 0 Å². The maximum Gasteiger partial charge on any atom is 0.137 e. The lowest BCUT2D eigenvalue weighted by molar-refractivity contribution is 0.669. The summed E-state index contributed by atoms with van der Waals surface area (Å²) in [5, 5.41) is 15.1. The van der Waals surface area contributed by atoms with Crippen LogP contribution < -0.4 is 0 Å². The van der Waals surface area contributed by atoms with Crippen molar-refractivity contribution in [2.75, 3.05) is 0 Å². The quantitative estimate of drug-likeness (QED) is 0.202. The Kier molecular flexibility index (Phi) is 3.70. The molecular weight excluding hydrogens is 486 g/mol. The van der Waals surface area contributed by atoms with Crippen LogP contribution in [0, 0.1) is 0 Å². The zero-order valence-corrected chi connectivity index (χ0v) is 21.5. The second kappa shape index (κ2) is 7.19. The number of hydrogen-bond acceptors (Lipinski definition) is 1. The Balaban J connectivity index is 1.48. The molecule has 0 aliphatic heterocycles. The molecule has 10 rings (SSSR count). The molecule has 2 heterocycles. The number of aromatic nitrogens is 1. The van der Waals surface area contributed by atoms with Gasteiger partial charge in [-0.3, -0.25) is 0 Å². The van der Waals surface area contributed by atoms with Gasteiger partial charge in [-0.1, -0.05) is 91.0 Å². The Labute approximate surface area is 228 Å². The zero-order chi connectivity index (χ0) is 25.9. The van der Waals surface area contributed by atoms with E-state index in [9.17, 15) is 0 Å². The van der Waals surface area contributed by atoms with Crippen LogP contribution in [0.3, 0.4) is 0 Å². The molecule has 40 heavy (non-hydrogen) atoms. The van der Waals surface area contributed by atoms with Crippen LogP contribution in [-0.2, 0) is 0 Å². The third kappa shape index (κ3) is 2.45. The molecule has 0 unspecified atom stereocenters. The number of fused-ring (bicyclic) bond motifs is 6. The van der Waals surface area contributed by atoms with Crippen molar-refractivity contribution in [3.8, 4) is 5.69 Å². The molecule has 0 amide bonds. The predicted octanol–water partition coefficient (Wildman–Crippen LogP) is 10.7. The van der Waals surface area contributed by atoms with E-state index in [1.165, 1.54) is 70.2 Å². The van der Waals surface area contributed by atoms with Crippen molar-refractivity contribution in [3.05, 3.63) is 127 Å². The van der Waals surface area contributed by atoms with E-state index in [-0.39, 0.29) is 0 Å². The van der Waals surface area contributed by atoms with Crippen LogP contribution >= 0.6 is 0 Å². The molecule has 0 spiro atoms. The third-order valence-corrected chi connectivity index (χ3v) is 8.91. The van der Waals surface area contributed by atoms with Gasteiger partial charge in [0.1, 0.15) is 11.2 Å². The van der Waals surface area contributed by atoms with Gasteiger partial charge in [-0.15, -0.1) is 0 Å². The van der Waals surface area contributed by atoms with Crippen molar-refractivity contribution in [2.45, 2.75) is 0 Å². The van der Waals surface area contributed by atoms with Gasteiger partial charge in [-0.05, 0) is 79.5 Å². The van der Waals surface area contributed by atoms with Crippen molar-refractivity contribution in [2.24, 2.45) is 0 Å². The summed E-state index contributed by atoms with van der Waals surface area (Å²) in [6.45, 7) is 0. The fourth-order valence-electron chi connectivity index (χ4n) is 7.28. The Morgan fingerprint density at radius 1 is 0.375 bits per heavy atom. The fraction of sp³-hybridized carbons (Fsp3) is 0. The maximum absolute atomic E-state index is 6.45. The highest BCUT2D eigenvalue weighted by Crippen LogP contribution is 2.44. The second-order valence-electron chi connectivity index (χ2n) is 10.9. The molecule has 10 aromatic rings. The van der Waals surface area contributed by atoms with E-state index < -0.39 is 0 Å². The first kappa shape index (κ1) is 20.6. The third-order valence-electron chi connectivity index (χ3n) is 8.91. The lowest BCUT2D eigenvalue weighted by Crippen LogP contribution is -1.97. The summed E-state index contributed by atoms with van der Waals surface area (Å²) in [6.07, 6.45) is 0. The molecule has 0 bridgehead atoms. The summed E-state index contributed by atoms with van der Waals surface area (Å²) >= 11 is 0. The molecule has 2 aromatic heterocycles. The van der Waals surface area contributed by atoms with Crippen LogP contribution in [0.1, 0.15) is 0 Å². The lowest BCUT2D eigenvalue weighted by atomic mass is 9.94. The SMILES string of the molecule is c1ccc2c(c1)c1ccccc1c1cc(-n3c4cccc5ccc6ccc7oc8cccc3c8c7c6c54)ccc21. The summed E-state index contributed by atoms with van der Waals surface area (Å²) in [7, 11) is 0. The highest BCUT2D eigenvalue weighted by molar-refractivity contribution is 6.33. The van der Waals surface area contributed by atoms with Gasteiger partial charge < -0.3 is 8.98 Å².